The zero-order valence-corrected chi connectivity index (χ0v) is 18.3. The van der Waals surface area contributed by atoms with E-state index < -0.39 is 0 Å². The zero-order chi connectivity index (χ0) is 16.8. The van der Waals surface area contributed by atoms with Gasteiger partial charge >= 0.3 is 0 Å². The molecule has 2 aliphatic rings. The highest BCUT2D eigenvalue weighted by atomic mass is 127. The van der Waals surface area contributed by atoms with E-state index in [1.54, 1.807) is 0 Å². The van der Waals surface area contributed by atoms with Crippen molar-refractivity contribution in [1.82, 2.24) is 10.2 Å². The molecule has 2 heterocycles. The van der Waals surface area contributed by atoms with Gasteiger partial charge in [-0.25, -0.2) is 0 Å². The molecule has 1 aromatic rings. The summed E-state index contributed by atoms with van der Waals surface area (Å²) in [5.41, 5.74) is 2.61. The minimum atomic E-state index is 0. The van der Waals surface area contributed by atoms with Crippen molar-refractivity contribution in [2.24, 2.45) is 4.99 Å². The van der Waals surface area contributed by atoms with Crippen molar-refractivity contribution in [2.75, 3.05) is 43.9 Å². The van der Waals surface area contributed by atoms with E-state index in [0.29, 0.717) is 0 Å². The third kappa shape index (κ3) is 5.54. The van der Waals surface area contributed by atoms with E-state index in [1.165, 1.54) is 23.4 Å². The van der Waals surface area contributed by atoms with Gasteiger partial charge in [-0.3, -0.25) is 4.99 Å². The van der Waals surface area contributed by atoms with Crippen LogP contribution >= 0.6 is 35.7 Å². The summed E-state index contributed by atoms with van der Waals surface area (Å²) in [6, 6.07) is 8.82. The number of nitrogens with one attached hydrogen (secondary N) is 1. The molecular weight excluding hydrogens is 443 g/mol. The van der Waals surface area contributed by atoms with E-state index in [0.717, 1.165) is 43.9 Å². The SMILES string of the molecule is CCC1CN(C(=NC)NCc2cccc(N3CC=CC3)c2)CCS1.I. The molecule has 0 spiro atoms. The average Bonchev–Trinajstić information content (AvgIpc) is 3.17. The van der Waals surface area contributed by atoms with Crippen LogP contribution in [0.15, 0.2) is 41.4 Å². The van der Waals surface area contributed by atoms with Gasteiger partial charge in [0.05, 0.1) is 0 Å². The van der Waals surface area contributed by atoms with Gasteiger partial charge < -0.3 is 15.1 Å². The molecule has 1 fully saturated rings. The molecule has 1 saturated heterocycles. The fourth-order valence-electron chi connectivity index (χ4n) is 3.22. The van der Waals surface area contributed by atoms with Crippen LogP contribution in [0, 0.1) is 0 Å². The van der Waals surface area contributed by atoms with Gasteiger partial charge in [0.15, 0.2) is 5.96 Å². The number of benzene rings is 1. The summed E-state index contributed by atoms with van der Waals surface area (Å²) in [6.07, 6.45) is 5.68. The highest BCUT2D eigenvalue weighted by Crippen LogP contribution is 2.21. The van der Waals surface area contributed by atoms with E-state index in [1.807, 2.05) is 7.05 Å². The Kier molecular flexibility index (Phi) is 8.42. The maximum atomic E-state index is 4.50. The van der Waals surface area contributed by atoms with Gasteiger partial charge in [0.2, 0.25) is 0 Å². The third-order valence-electron chi connectivity index (χ3n) is 4.65. The van der Waals surface area contributed by atoms with Crippen LogP contribution < -0.4 is 10.2 Å². The number of rotatable bonds is 4. The van der Waals surface area contributed by atoms with E-state index in [4.69, 9.17) is 0 Å². The van der Waals surface area contributed by atoms with Crippen LogP contribution in [0.25, 0.3) is 0 Å². The van der Waals surface area contributed by atoms with Crippen LogP contribution in [0.5, 0.6) is 0 Å². The number of anilines is 1. The largest absolute Gasteiger partial charge is 0.364 e. The molecule has 0 aliphatic carbocycles. The molecular formula is C19H29IN4S. The Labute approximate surface area is 173 Å². The number of hydrogen-bond acceptors (Lipinski definition) is 3. The molecule has 0 aromatic heterocycles. The molecule has 1 N–H and O–H groups in total. The molecule has 0 radical (unpaired) electrons. The first-order valence-electron chi connectivity index (χ1n) is 8.86. The first-order valence-corrected chi connectivity index (χ1v) is 9.91. The van der Waals surface area contributed by atoms with Crippen molar-refractivity contribution in [3.05, 3.63) is 42.0 Å². The highest BCUT2D eigenvalue weighted by Gasteiger charge is 2.21. The first kappa shape index (κ1) is 20.4. The summed E-state index contributed by atoms with van der Waals surface area (Å²) in [5, 5.41) is 4.28. The lowest BCUT2D eigenvalue weighted by atomic mass is 10.2. The van der Waals surface area contributed by atoms with Crippen LogP contribution in [0.2, 0.25) is 0 Å². The molecule has 0 amide bonds. The molecule has 1 aromatic carbocycles. The smallest absolute Gasteiger partial charge is 0.193 e. The van der Waals surface area contributed by atoms with Crippen molar-refractivity contribution < 1.29 is 0 Å². The monoisotopic (exact) mass is 472 g/mol. The number of halogens is 1. The van der Waals surface area contributed by atoms with Crippen LogP contribution in [-0.4, -0.2) is 55.1 Å². The Balaban J connectivity index is 0.00000225. The van der Waals surface area contributed by atoms with Crippen LogP contribution in [-0.2, 0) is 6.54 Å². The minimum Gasteiger partial charge on any atom is -0.364 e. The molecule has 1 atom stereocenters. The molecule has 138 valence electrons. The normalized spacial score (nSPS) is 20.6. The molecule has 1 unspecified atom stereocenters. The zero-order valence-electron chi connectivity index (χ0n) is 15.1. The first-order chi connectivity index (χ1) is 11.8. The van der Waals surface area contributed by atoms with Crippen molar-refractivity contribution in [2.45, 2.75) is 25.1 Å². The van der Waals surface area contributed by atoms with Gasteiger partial charge in [-0.05, 0) is 24.1 Å². The Morgan fingerprint density at radius 1 is 1.32 bits per heavy atom. The number of hydrogen-bond donors (Lipinski definition) is 1. The Hall–Kier alpha value is -0.890. The van der Waals surface area contributed by atoms with Crippen molar-refractivity contribution >= 4 is 47.4 Å². The second-order valence-corrected chi connectivity index (χ2v) is 7.70. The molecule has 2 aliphatic heterocycles. The van der Waals surface area contributed by atoms with E-state index in [2.05, 4.69) is 75.2 Å². The van der Waals surface area contributed by atoms with E-state index in [-0.39, 0.29) is 24.0 Å². The van der Waals surface area contributed by atoms with Crippen molar-refractivity contribution in [1.29, 1.82) is 0 Å². The number of guanidine groups is 1. The van der Waals surface area contributed by atoms with Gasteiger partial charge in [0, 0.05) is 56.5 Å². The lowest BCUT2D eigenvalue weighted by Crippen LogP contribution is -2.47. The molecule has 3 rings (SSSR count). The van der Waals surface area contributed by atoms with Gasteiger partial charge in [0.25, 0.3) is 0 Å². The summed E-state index contributed by atoms with van der Waals surface area (Å²) in [6.45, 7) is 7.31. The average molecular weight is 472 g/mol. The summed E-state index contributed by atoms with van der Waals surface area (Å²) in [7, 11) is 1.89. The number of thioether (sulfide) groups is 1. The molecule has 4 nitrogen and oxygen atoms in total. The summed E-state index contributed by atoms with van der Waals surface area (Å²) >= 11 is 2.09. The fraction of sp³-hybridized carbons (Fsp3) is 0.526. The lowest BCUT2D eigenvalue weighted by Gasteiger charge is -2.34. The number of aliphatic imine (C=N–C) groups is 1. The maximum Gasteiger partial charge on any atom is 0.193 e. The standard InChI is InChI=1S/C19H28N4S.HI/c1-3-18-15-23(11-12-24-18)19(20-2)21-14-16-7-6-8-17(13-16)22-9-4-5-10-22;/h4-8,13,18H,3,9-12,14-15H2,1-2H3,(H,20,21);1H. The second kappa shape index (κ2) is 10.3. The van der Waals surface area contributed by atoms with Crippen LogP contribution in [0.1, 0.15) is 18.9 Å². The molecule has 25 heavy (non-hydrogen) atoms. The second-order valence-electron chi connectivity index (χ2n) is 6.29. The summed E-state index contributed by atoms with van der Waals surface area (Å²) < 4.78 is 0. The lowest BCUT2D eigenvalue weighted by molar-refractivity contribution is 0.408. The molecule has 0 saturated carbocycles. The van der Waals surface area contributed by atoms with Crippen LogP contribution in [0.4, 0.5) is 5.69 Å². The van der Waals surface area contributed by atoms with E-state index in [9.17, 15) is 0 Å². The van der Waals surface area contributed by atoms with Gasteiger partial charge in [0.1, 0.15) is 0 Å². The number of nitrogens with zero attached hydrogens (tertiary/aromatic N) is 3. The topological polar surface area (TPSA) is 30.9 Å². The van der Waals surface area contributed by atoms with E-state index >= 15 is 0 Å². The quantitative estimate of drug-likeness (QED) is 0.314. The predicted molar refractivity (Wildman–Crippen MR) is 122 cm³/mol. The van der Waals surface area contributed by atoms with Crippen molar-refractivity contribution in [3.8, 4) is 0 Å². The Bertz CT molecular complexity index is 597. The minimum absolute atomic E-state index is 0. The molecule has 0 bridgehead atoms. The summed E-state index contributed by atoms with van der Waals surface area (Å²) in [5.74, 6) is 2.22. The molecule has 6 heteroatoms. The Morgan fingerprint density at radius 3 is 2.84 bits per heavy atom. The van der Waals surface area contributed by atoms with Crippen LogP contribution in [0.3, 0.4) is 0 Å². The third-order valence-corrected chi connectivity index (χ3v) is 6.02. The summed E-state index contributed by atoms with van der Waals surface area (Å²) in [4.78, 5) is 9.28. The fourth-order valence-corrected chi connectivity index (χ4v) is 4.40. The predicted octanol–water partition coefficient (Wildman–Crippen LogP) is 3.58. The van der Waals surface area contributed by atoms with Gasteiger partial charge in [-0.15, -0.1) is 24.0 Å². The van der Waals surface area contributed by atoms with Gasteiger partial charge in [-0.2, -0.15) is 11.8 Å². The highest BCUT2D eigenvalue weighted by molar-refractivity contribution is 14.0. The van der Waals surface area contributed by atoms with Gasteiger partial charge in [-0.1, -0.05) is 31.2 Å². The Morgan fingerprint density at radius 2 is 2.12 bits per heavy atom. The maximum absolute atomic E-state index is 4.50. The van der Waals surface area contributed by atoms with Crippen molar-refractivity contribution in [3.63, 3.8) is 0 Å².